The number of aliphatic imine (C=N–C) groups is 1. The number of anilines is 1. The van der Waals surface area contributed by atoms with Gasteiger partial charge in [-0.1, -0.05) is 44.4 Å². The van der Waals surface area contributed by atoms with Crippen LogP contribution < -0.4 is 14.9 Å². The van der Waals surface area contributed by atoms with E-state index in [0.717, 1.165) is 30.6 Å². The third-order valence-corrected chi connectivity index (χ3v) is 6.15. The highest BCUT2D eigenvalue weighted by atomic mass is 127. The normalized spacial score (nSPS) is 13.9. The number of para-hydroxylation sites is 1. The average molecular weight is 494 g/mol. The van der Waals surface area contributed by atoms with Gasteiger partial charge in [-0.05, 0) is 24.5 Å². The predicted octanol–water partition coefficient (Wildman–Crippen LogP) is 2.74. The number of halogens is 1. The molecule has 0 aliphatic carbocycles. The molecule has 0 radical (unpaired) electrons. The fourth-order valence-corrected chi connectivity index (χ4v) is 4.41. The fraction of sp³-hybridized carbons (Fsp3) is 0.611. The van der Waals surface area contributed by atoms with Gasteiger partial charge in [-0.15, -0.1) is 24.0 Å². The minimum Gasteiger partial charge on any atom is -0.356 e. The summed E-state index contributed by atoms with van der Waals surface area (Å²) in [6.07, 6.45) is 5.53. The van der Waals surface area contributed by atoms with E-state index in [1.807, 2.05) is 24.3 Å². The van der Waals surface area contributed by atoms with Crippen LogP contribution in [-0.2, 0) is 16.4 Å². The van der Waals surface area contributed by atoms with Crippen molar-refractivity contribution >= 4 is 45.6 Å². The van der Waals surface area contributed by atoms with Crippen molar-refractivity contribution in [1.29, 1.82) is 0 Å². The van der Waals surface area contributed by atoms with Crippen LogP contribution in [0.15, 0.2) is 29.3 Å². The number of guanidine groups is 1. The van der Waals surface area contributed by atoms with Crippen LogP contribution in [0.5, 0.6) is 0 Å². The number of hydrogen-bond donors (Lipinski definition) is 2. The molecule has 0 bridgehead atoms. The zero-order valence-corrected chi connectivity index (χ0v) is 18.8. The van der Waals surface area contributed by atoms with E-state index >= 15 is 0 Å². The summed E-state index contributed by atoms with van der Waals surface area (Å²) in [5, 5.41) is 6.33. The highest BCUT2D eigenvalue weighted by Crippen LogP contribution is 2.29. The van der Waals surface area contributed by atoms with Gasteiger partial charge in [0.2, 0.25) is 10.0 Å². The molecule has 0 aromatic heterocycles. The van der Waals surface area contributed by atoms with E-state index in [-0.39, 0.29) is 29.7 Å². The number of benzene rings is 1. The van der Waals surface area contributed by atoms with Crippen molar-refractivity contribution in [3.63, 3.8) is 0 Å². The van der Waals surface area contributed by atoms with E-state index in [2.05, 4.69) is 22.5 Å². The molecular formula is C18H31IN4O2S. The van der Waals surface area contributed by atoms with Crippen molar-refractivity contribution in [2.24, 2.45) is 4.99 Å². The number of rotatable bonds is 9. The second-order valence-corrected chi connectivity index (χ2v) is 8.27. The first kappa shape index (κ1) is 23.0. The van der Waals surface area contributed by atoms with Crippen molar-refractivity contribution in [2.45, 2.75) is 39.0 Å². The van der Waals surface area contributed by atoms with E-state index in [1.165, 1.54) is 23.6 Å². The maximum absolute atomic E-state index is 12.6. The van der Waals surface area contributed by atoms with Crippen LogP contribution in [-0.4, -0.2) is 46.8 Å². The lowest BCUT2D eigenvalue weighted by atomic mass is 10.2. The lowest BCUT2D eigenvalue weighted by molar-refractivity contribution is 0.590. The van der Waals surface area contributed by atoms with Crippen molar-refractivity contribution in [2.75, 3.05) is 36.7 Å². The summed E-state index contributed by atoms with van der Waals surface area (Å²) in [5.74, 6) is 0.714. The molecule has 8 heteroatoms. The summed E-state index contributed by atoms with van der Waals surface area (Å²) in [7, 11) is -1.62. The molecule has 1 aliphatic rings. The first-order chi connectivity index (χ1) is 12.1. The van der Waals surface area contributed by atoms with Crippen molar-refractivity contribution < 1.29 is 8.42 Å². The molecule has 0 spiro atoms. The summed E-state index contributed by atoms with van der Waals surface area (Å²) >= 11 is 0. The number of sulfonamides is 1. The topological polar surface area (TPSA) is 73.8 Å². The van der Waals surface area contributed by atoms with Gasteiger partial charge in [-0.3, -0.25) is 9.30 Å². The van der Waals surface area contributed by atoms with Gasteiger partial charge in [0.05, 0.1) is 11.4 Å². The quantitative estimate of drug-likeness (QED) is 0.240. The van der Waals surface area contributed by atoms with E-state index < -0.39 is 10.0 Å². The van der Waals surface area contributed by atoms with E-state index in [4.69, 9.17) is 0 Å². The minimum atomic E-state index is -3.32. The number of nitrogens with one attached hydrogen (secondary N) is 2. The van der Waals surface area contributed by atoms with Crippen molar-refractivity contribution in [3.8, 4) is 0 Å². The Morgan fingerprint density at radius 2 is 1.88 bits per heavy atom. The Morgan fingerprint density at radius 1 is 1.15 bits per heavy atom. The molecule has 0 saturated heterocycles. The molecule has 0 amide bonds. The van der Waals surface area contributed by atoms with Gasteiger partial charge >= 0.3 is 0 Å². The Bertz CT molecular complexity index is 680. The highest BCUT2D eigenvalue weighted by Gasteiger charge is 2.28. The molecule has 1 aromatic carbocycles. The van der Waals surface area contributed by atoms with Gasteiger partial charge in [0, 0.05) is 26.7 Å². The smallest absolute Gasteiger partial charge is 0.236 e. The SMILES string of the molecule is CCCCCCNC(=NC)NCCS(=O)(=O)N1CCc2ccccc21.I. The van der Waals surface area contributed by atoms with Crippen molar-refractivity contribution in [1.82, 2.24) is 10.6 Å². The second-order valence-electron chi connectivity index (χ2n) is 6.25. The zero-order chi connectivity index (χ0) is 18.1. The molecule has 0 saturated carbocycles. The average Bonchev–Trinajstić information content (AvgIpc) is 3.05. The third kappa shape index (κ3) is 6.61. The van der Waals surface area contributed by atoms with Gasteiger partial charge in [0.15, 0.2) is 5.96 Å². The van der Waals surface area contributed by atoms with Crippen LogP contribution in [0.3, 0.4) is 0 Å². The first-order valence-corrected chi connectivity index (χ1v) is 10.7. The largest absolute Gasteiger partial charge is 0.356 e. The summed E-state index contributed by atoms with van der Waals surface area (Å²) < 4.78 is 26.8. The second kappa shape index (κ2) is 11.6. The van der Waals surface area contributed by atoms with E-state index in [1.54, 1.807) is 7.05 Å². The molecule has 1 heterocycles. The minimum absolute atomic E-state index is 0. The third-order valence-electron chi connectivity index (χ3n) is 4.38. The Balaban J connectivity index is 0.00000338. The molecule has 0 atom stereocenters. The molecule has 2 rings (SSSR count). The molecule has 0 fully saturated rings. The maximum atomic E-state index is 12.6. The number of unbranched alkanes of at least 4 members (excludes halogenated alkanes) is 3. The molecule has 6 nitrogen and oxygen atoms in total. The van der Waals surface area contributed by atoms with Gasteiger partial charge < -0.3 is 10.6 Å². The number of fused-ring (bicyclic) bond motifs is 1. The van der Waals surface area contributed by atoms with Crippen LogP contribution in [0.1, 0.15) is 38.2 Å². The highest BCUT2D eigenvalue weighted by molar-refractivity contribution is 14.0. The number of nitrogens with zero attached hydrogens (tertiary/aromatic N) is 2. The van der Waals surface area contributed by atoms with Crippen LogP contribution >= 0.6 is 24.0 Å². The summed E-state index contributed by atoms with van der Waals surface area (Å²) in [5.41, 5.74) is 1.92. The standard InChI is InChI=1S/C18H30N4O2S.HI/c1-3-4-5-8-12-20-18(19-2)21-13-15-25(23,24)22-14-11-16-9-6-7-10-17(16)22;/h6-7,9-10H,3-5,8,11-15H2,1-2H3,(H2,19,20,21);1H. The van der Waals surface area contributed by atoms with Gasteiger partial charge in [0.1, 0.15) is 0 Å². The molecular weight excluding hydrogens is 463 g/mol. The van der Waals surface area contributed by atoms with Gasteiger partial charge in [-0.25, -0.2) is 8.42 Å². The van der Waals surface area contributed by atoms with Crippen molar-refractivity contribution in [3.05, 3.63) is 29.8 Å². The predicted molar refractivity (Wildman–Crippen MR) is 120 cm³/mol. The maximum Gasteiger partial charge on any atom is 0.236 e. The summed E-state index contributed by atoms with van der Waals surface area (Å²) in [4.78, 5) is 4.14. The van der Waals surface area contributed by atoms with E-state index in [0.29, 0.717) is 19.0 Å². The Morgan fingerprint density at radius 3 is 2.62 bits per heavy atom. The zero-order valence-electron chi connectivity index (χ0n) is 15.7. The first-order valence-electron chi connectivity index (χ1n) is 9.11. The number of hydrogen-bond acceptors (Lipinski definition) is 3. The molecule has 26 heavy (non-hydrogen) atoms. The van der Waals surface area contributed by atoms with Crippen LogP contribution in [0.2, 0.25) is 0 Å². The molecule has 1 aliphatic heterocycles. The Labute approximate surface area is 174 Å². The van der Waals surface area contributed by atoms with Gasteiger partial charge in [0.25, 0.3) is 0 Å². The molecule has 1 aromatic rings. The monoisotopic (exact) mass is 494 g/mol. The molecule has 2 N–H and O–H groups in total. The van der Waals surface area contributed by atoms with Gasteiger partial charge in [-0.2, -0.15) is 0 Å². The summed E-state index contributed by atoms with van der Waals surface area (Å²) in [6, 6.07) is 7.71. The lowest BCUT2D eigenvalue weighted by Crippen LogP contribution is -2.42. The van der Waals surface area contributed by atoms with E-state index in [9.17, 15) is 8.42 Å². The van der Waals surface area contributed by atoms with Crippen LogP contribution in [0, 0.1) is 0 Å². The molecule has 148 valence electrons. The fourth-order valence-electron chi connectivity index (χ4n) is 2.98. The lowest BCUT2D eigenvalue weighted by Gasteiger charge is -2.20. The summed E-state index contributed by atoms with van der Waals surface area (Å²) in [6.45, 7) is 3.92. The van der Waals surface area contributed by atoms with Crippen LogP contribution in [0.25, 0.3) is 0 Å². The Kier molecular flexibility index (Phi) is 10.3. The molecule has 0 unspecified atom stereocenters. The Hall–Kier alpha value is -1.03. The van der Waals surface area contributed by atoms with Crippen LogP contribution in [0.4, 0.5) is 5.69 Å².